The molecule has 2 heteroatoms. The highest BCUT2D eigenvalue weighted by Gasteiger charge is 2.48. The van der Waals surface area contributed by atoms with E-state index in [0.29, 0.717) is 11.0 Å². The zero-order valence-corrected chi connectivity index (χ0v) is 11.0. The molecule has 1 saturated carbocycles. The average molecular weight is 210 g/mol. The second kappa shape index (κ2) is 3.21. The van der Waals surface area contributed by atoms with Crippen LogP contribution in [0.4, 0.5) is 0 Å². The van der Waals surface area contributed by atoms with Crippen molar-refractivity contribution in [3.63, 3.8) is 0 Å². The lowest BCUT2D eigenvalue weighted by molar-refractivity contribution is 0.102. The zero-order chi connectivity index (χ0) is 11.3. The molecule has 2 nitrogen and oxygen atoms in total. The van der Waals surface area contributed by atoms with Crippen molar-refractivity contribution < 1.29 is 0 Å². The number of nitrogens with one attached hydrogen (secondary N) is 1. The van der Waals surface area contributed by atoms with Gasteiger partial charge in [-0.3, -0.25) is 4.90 Å². The summed E-state index contributed by atoms with van der Waals surface area (Å²) < 4.78 is 0. The van der Waals surface area contributed by atoms with Gasteiger partial charge in [0.1, 0.15) is 0 Å². The lowest BCUT2D eigenvalue weighted by atomic mass is 9.99. The molecule has 1 heterocycles. The summed E-state index contributed by atoms with van der Waals surface area (Å²) in [6.07, 6.45) is 2.84. The Morgan fingerprint density at radius 1 is 1.07 bits per heavy atom. The standard InChI is InChI=1S/C13H26N2/c1-11(2,3)15-9-12(4,5)14-8-13(10-15)6-7-13/h14H,6-10H2,1-5H3. The predicted octanol–water partition coefficient (Wildman–Crippen LogP) is 2.25. The summed E-state index contributed by atoms with van der Waals surface area (Å²) in [4.78, 5) is 2.67. The summed E-state index contributed by atoms with van der Waals surface area (Å²) in [5.74, 6) is 0. The van der Waals surface area contributed by atoms with E-state index >= 15 is 0 Å². The largest absolute Gasteiger partial charge is 0.310 e. The van der Waals surface area contributed by atoms with Crippen molar-refractivity contribution in [1.82, 2.24) is 10.2 Å². The summed E-state index contributed by atoms with van der Waals surface area (Å²) in [5.41, 5.74) is 1.18. The summed E-state index contributed by atoms with van der Waals surface area (Å²) >= 11 is 0. The first-order valence-electron chi connectivity index (χ1n) is 6.23. The number of nitrogens with zero attached hydrogens (tertiary/aromatic N) is 1. The Labute approximate surface area is 94.4 Å². The number of rotatable bonds is 0. The quantitative estimate of drug-likeness (QED) is 0.660. The SMILES string of the molecule is CC1(C)CN(C(C)(C)C)CC2(CC2)CN1. The Bertz CT molecular complexity index is 238. The van der Waals surface area contributed by atoms with E-state index in [0.717, 1.165) is 6.54 Å². The van der Waals surface area contributed by atoms with Gasteiger partial charge in [-0.2, -0.15) is 0 Å². The van der Waals surface area contributed by atoms with Gasteiger partial charge in [-0.1, -0.05) is 0 Å². The predicted molar refractivity (Wildman–Crippen MR) is 65.1 cm³/mol. The summed E-state index contributed by atoms with van der Waals surface area (Å²) in [5, 5.41) is 3.73. The van der Waals surface area contributed by atoms with Gasteiger partial charge in [-0.15, -0.1) is 0 Å². The van der Waals surface area contributed by atoms with Crippen LogP contribution >= 0.6 is 0 Å². The van der Waals surface area contributed by atoms with E-state index < -0.39 is 0 Å². The Morgan fingerprint density at radius 3 is 2.13 bits per heavy atom. The van der Waals surface area contributed by atoms with E-state index in [1.165, 1.54) is 25.9 Å². The first-order valence-corrected chi connectivity index (χ1v) is 6.23. The highest BCUT2D eigenvalue weighted by Crippen LogP contribution is 2.48. The molecule has 15 heavy (non-hydrogen) atoms. The first-order chi connectivity index (χ1) is 6.73. The van der Waals surface area contributed by atoms with Crippen LogP contribution in [0.2, 0.25) is 0 Å². The minimum Gasteiger partial charge on any atom is -0.310 e. The molecule has 88 valence electrons. The molecule has 0 aromatic heterocycles. The van der Waals surface area contributed by atoms with Gasteiger partial charge in [0.05, 0.1) is 0 Å². The molecule has 1 aliphatic heterocycles. The van der Waals surface area contributed by atoms with Crippen LogP contribution in [0.25, 0.3) is 0 Å². The summed E-state index contributed by atoms with van der Waals surface area (Å²) in [6.45, 7) is 15.3. The fourth-order valence-corrected chi connectivity index (χ4v) is 2.46. The van der Waals surface area contributed by atoms with Crippen LogP contribution in [0.15, 0.2) is 0 Å². The monoisotopic (exact) mass is 210 g/mol. The van der Waals surface area contributed by atoms with Gasteiger partial charge in [-0.25, -0.2) is 0 Å². The van der Waals surface area contributed by atoms with Crippen molar-refractivity contribution in [2.45, 2.75) is 58.5 Å². The third-order valence-corrected chi connectivity index (χ3v) is 3.96. The van der Waals surface area contributed by atoms with Crippen LogP contribution in [0, 0.1) is 5.41 Å². The Kier molecular flexibility index (Phi) is 2.44. The molecular formula is C13H26N2. The normalized spacial score (nSPS) is 30.2. The molecule has 2 rings (SSSR count). The molecule has 0 unspecified atom stereocenters. The minimum absolute atomic E-state index is 0.263. The van der Waals surface area contributed by atoms with Gasteiger partial charge in [0.25, 0.3) is 0 Å². The van der Waals surface area contributed by atoms with Crippen LogP contribution in [0.3, 0.4) is 0 Å². The molecule has 0 bridgehead atoms. The molecule has 1 N–H and O–H groups in total. The van der Waals surface area contributed by atoms with Crippen LogP contribution in [-0.2, 0) is 0 Å². The van der Waals surface area contributed by atoms with Gasteiger partial charge in [-0.05, 0) is 52.9 Å². The molecule has 1 saturated heterocycles. The van der Waals surface area contributed by atoms with Crippen LogP contribution in [0.5, 0.6) is 0 Å². The van der Waals surface area contributed by atoms with Crippen molar-refractivity contribution in [2.75, 3.05) is 19.6 Å². The molecule has 1 aliphatic carbocycles. The van der Waals surface area contributed by atoms with Crippen molar-refractivity contribution in [2.24, 2.45) is 5.41 Å². The average Bonchev–Trinajstić information content (AvgIpc) is 2.80. The van der Waals surface area contributed by atoms with Crippen molar-refractivity contribution >= 4 is 0 Å². The molecule has 0 aromatic rings. The highest BCUT2D eigenvalue weighted by molar-refractivity contribution is 5.04. The Balaban J connectivity index is 2.15. The van der Waals surface area contributed by atoms with E-state index in [9.17, 15) is 0 Å². The molecule has 0 atom stereocenters. The highest BCUT2D eigenvalue weighted by atomic mass is 15.2. The topological polar surface area (TPSA) is 15.3 Å². The number of hydrogen-bond donors (Lipinski definition) is 1. The van der Waals surface area contributed by atoms with Crippen molar-refractivity contribution in [3.05, 3.63) is 0 Å². The van der Waals surface area contributed by atoms with E-state index in [1.54, 1.807) is 0 Å². The van der Waals surface area contributed by atoms with Crippen LogP contribution in [-0.4, -0.2) is 35.6 Å². The second-order valence-corrected chi connectivity index (χ2v) is 7.26. The minimum atomic E-state index is 0.263. The maximum Gasteiger partial charge on any atom is 0.0252 e. The maximum absolute atomic E-state index is 3.73. The third kappa shape index (κ3) is 2.54. The van der Waals surface area contributed by atoms with Gasteiger partial charge in [0, 0.05) is 30.7 Å². The van der Waals surface area contributed by atoms with Crippen molar-refractivity contribution in [3.8, 4) is 0 Å². The van der Waals surface area contributed by atoms with Crippen LogP contribution < -0.4 is 5.32 Å². The molecule has 2 fully saturated rings. The number of hydrogen-bond acceptors (Lipinski definition) is 2. The smallest absolute Gasteiger partial charge is 0.0252 e. The lowest BCUT2D eigenvalue weighted by Gasteiger charge is -2.39. The molecule has 0 aromatic carbocycles. The fourth-order valence-electron chi connectivity index (χ4n) is 2.46. The lowest BCUT2D eigenvalue weighted by Crippen LogP contribution is -2.51. The van der Waals surface area contributed by atoms with Gasteiger partial charge < -0.3 is 5.32 Å². The first kappa shape index (κ1) is 11.4. The Hall–Kier alpha value is -0.0800. The molecule has 0 amide bonds. The van der Waals surface area contributed by atoms with E-state index in [1.807, 2.05) is 0 Å². The third-order valence-electron chi connectivity index (χ3n) is 3.96. The fraction of sp³-hybridized carbons (Fsp3) is 1.00. The maximum atomic E-state index is 3.73. The zero-order valence-electron chi connectivity index (χ0n) is 11.0. The van der Waals surface area contributed by atoms with E-state index in [-0.39, 0.29) is 5.54 Å². The van der Waals surface area contributed by atoms with E-state index in [2.05, 4.69) is 44.8 Å². The summed E-state index contributed by atoms with van der Waals surface area (Å²) in [6, 6.07) is 0. The molecule has 2 aliphatic rings. The van der Waals surface area contributed by atoms with E-state index in [4.69, 9.17) is 0 Å². The summed E-state index contributed by atoms with van der Waals surface area (Å²) in [7, 11) is 0. The second-order valence-electron chi connectivity index (χ2n) is 7.26. The van der Waals surface area contributed by atoms with Crippen LogP contribution in [0.1, 0.15) is 47.5 Å². The molecular weight excluding hydrogens is 184 g/mol. The Morgan fingerprint density at radius 2 is 1.67 bits per heavy atom. The van der Waals surface area contributed by atoms with Gasteiger partial charge in [0.15, 0.2) is 0 Å². The van der Waals surface area contributed by atoms with Gasteiger partial charge in [0.2, 0.25) is 0 Å². The molecule has 0 radical (unpaired) electrons. The van der Waals surface area contributed by atoms with Crippen molar-refractivity contribution in [1.29, 1.82) is 0 Å². The van der Waals surface area contributed by atoms with Gasteiger partial charge >= 0.3 is 0 Å². The molecule has 1 spiro atoms.